The van der Waals surface area contributed by atoms with E-state index in [0.29, 0.717) is 22.9 Å². The minimum atomic E-state index is -1.21. The van der Waals surface area contributed by atoms with Gasteiger partial charge >= 0.3 is 159 Å². The number of fused-ring (bicyclic) bond motifs is 1. The van der Waals surface area contributed by atoms with Gasteiger partial charge in [-0.25, -0.2) is 0 Å². The molecule has 0 aliphatic carbocycles. The van der Waals surface area contributed by atoms with Crippen molar-refractivity contribution in [3.05, 3.63) is 12.7 Å². The fraction of sp³-hybridized carbons (Fsp3) is 0.600. The predicted molar refractivity (Wildman–Crippen MR) is 95.8 cm³/mol. The molecule has 0 radical (unpaired) electrons. The Morgan fingerprint density at radius 2 is 2.15 bits per heavy atom. The van der Waals surface area contributed by atoms with Crippen molar-refractivity contribution in [2.45, 2.75) is 53.5 Å². The van der Waals surface area contributed by atoms with E-state index in [1.165, 1.54) is 12.7 Å². The molecule has 1 unspecified atom stereocenters. The molecule has 27 heavy (non-hydrogen) atoms. The molecule has 2 aromatic rings. The van der Waals surface area contributed by atoms with E-state index in [4.69, 9.17) is 15.6 Å². The van der Waals surface area contributed by atoms with Crippen LogP contribution in [0.4, 0.5) is 5.82 Å². The number of ether oxygens (including phenoxy) is 1. The van der Waals surface area contributed by atoms with Gasteiger partial charge in [0.05, 0.1) is 0 Å². The van der Waals surface area contributed by atoms with E-state index >= 15 is 0 Å². The summed E-state index contributed by atoms with van der Waals surface area (Å²) in [6.45, 7) is 0. The molecule has 2 aromatic heterocycles. The van der Waals surface area contributed by atoms with E-state index in [1.54, 1.807) is 4.57 Å². The third-order valence-electron chi connectivity index (χ3n) is 4.61. The summed E-state index contributed by atoms with van der Waals surface area (Å²) in [5.74, 6) is 1.39. The molecular formula is C15H24N6O5Se+2. The number of nitrogens with zero attached hydrogens (tertiary/aromatic N) is 4. The Balaban J connectivity index is 1.68. The molecule has 1 aliphatic rings. The number of carboxylic acid groups (broad SMARTS) is 1. The number of aromatic nitrogens is 4. The quantitative estimate of drug-likeness (QED) is 0.307. The summed E-state index contributed by atoms with van der Waals surface area (Å²) in [6.07, 6.45) is -0.300. The number of carbonyl (C=O) groups is 1. The van der Waals surface area contributed by atoms with E-state index in [1.807, 2.05) is 0 Å². The normalized spacial score (nSPS) is 27.7. The second-order valence-corrected chi connectivity index (χ2v) is 11.4. The van der Waals surface area contributed by atoms with Crippen molar-refractivity contribution in [3.8, 4) is 0 Å². The molecule has 0 saturated carbocycles. The monoisotopic (exact) mass is 448 g/mol. The van der Waals surface area contributed by atoms with Gasteiger partial charge in [0, 0.05) is 0 Å². The van der Waals surface area contributed by atoms with Crippen molar-refractivity contribution in [2.75, 3.05) is 5.73 Å². The summed E-state index contributed by atoms with van der Waals surface area (Å²) in [6, 6.07) is -0.633. The van der Waals surface area contributed by atoms with Crippen molar-refractivity contribution in [1.29, 1.82) is 0 Å². The molecule has 0 bridgehead atoms. The van der Waals surface area contributed by atoms with Gasteiger partial charge < -0.3 is 0 Å². The van der Waals surface area contributed by atoms with E-state index in [-0.39, 0.29) is 5.82 Å². The molecule has 0 aromatic carbocycles. The summed E-state index contributed by atoms with van der Waals surface area (Å²) in [5, 5.41) is 31.2. The van der Waals surface area contributed by atoms with Crippen LogP contribution in [0.25, 0.3) is 11.2 Å². The van der Waals surface area contributed by atoms with E-state index in [9.17, 15) is 15.0 Å². The SMILES string of the molecule is C[Se+](CC[C@H]([NH3+])C(=O)O)C[C@H]1O[C@@H](n2cnc3c(N)ncnc32)[C@H](O)[C@@H]1O. The van der Waals surface area contributed by atoms with Crippen LogP contribution in [0, 0.1) is 0 Å². The van der Waals surface area contributed by atoms with Gasteiger partial charge in [-0.3, -0.25) is 0 Å². The summed E-state index contributed by atoms with van der Waals surface area (Å²) in [5.41, 5.74) is 10.2. The van der Waals surface area contributed by atoms with Crippen LogP contribution < -0.4 is 11.5 Å². The molecular weight excluding hydrogens is 423 g/mol. The number of aliphatic hydroxyl groups is 2. The van der Waals surface area contributed by atoms with Crippen LogP contribution in [-0.4, -0.2) is 79.1 Å². The van der Waals surface area contributed by atoms with Gasteiger partial charge in [-0.15, -0.1) is 0 Å². The van der Waals surface area contributed by atoms with Gasteiger partial charge in [0.25, 0.3) is 0 Å². The molecule has 12 heteroatoms. The number of imidazole rings is 1. The van der Waals surface area contributed by atoms with Crippen LogP contribution in [0.5, 0.6) is 0 Å². The van der Waals surface area contributed by atoms with Gasteiger partial charge in [-0.2, -0.15) is 0 Å². The molecule has 6 atom stereocenters. The van der Waals surface area contributed by atoms with Crippen LogP contribution in [-0.2, 0) is 9.53 Å². The first-order valence-corrected chi connectivity index (χ1v) is 12.5. The summed E-state index contributed by atoms with van der Waals surface area (Å²) < 4.78 is 7.47. The first-order valence-electron chi connectivity index (χ1n) is 8.39. The first-order chi connectivity index (χ1) is 12.8. The van der Waals surface area contributed by atoms with Crippen molar-refractivity contribution in [3.63, 3.8) is 0 Å². The number of rotatable bonds is 7. The number of aliphatic hydroxyl groups excluding tert-OH is 2. The summed E-state index contributed by atoms with van der Waals surface area (Å²) >= 11 is -1.21. The fourth-order valence-corrected chi connectivity index (χ4v) is 6.53. The molecule has 11 nitrogen and oxygen atoms in total. The maximum absolute atomic E-state index is 10.9. The topological polar surface area (TPSA) is 184 Å². The Morgan fingerprint density at radius 3 is 2.85 bits per heavy atom. The number of anilines is 1. The van der Waals surface area contributed by atoms with Crippen molar-refractivity contribution in [2.24, 2.45) is 0 Å². The molecule has 148 valence electrons. The first kappa shape index (κ1) is 19.9. The predicted octanol–water partition coefficient (Wildman–Crippen LogP) is -1.76. The third-order valence-corrected chi connectivity index (χ3v) is 8.45. The maximum atomic E-state index is 10.9. The van der Waals surface area contributed by atoms with E-state index < -0.39 is 50.5 Å². The van der Waals surface area contributed by atoms with Crippen LogP contribution in [0.15, 0.2) is 12.7 Å². The van der Waals surface area contributed by atoms with Crippen molar-refractivity contribution >= 4 is 36.9 Å². The van der Waals surface area contributed by atoms with Crippen LogP contribution >= 0.6 is 0 Å². The molecule has 3 heterocycles. The average Bonchev–Trinajstić information content (AvgIpc) is 3.17. The second kappa shape index (κ2) is 8.05. The number of quaternary nitrogens is 1. The van der Waals surface area contributed by atoms with Crippen LogP contribution in [0.2, 0.25) is 16.5 Å². The molecule has 1 aliphatic heterocycles. The number of hydrogen-bond acceptors (Lipinski definition) is 8. The minimum absolute atomic E-state index is 0.227. The number of nitrogen functional groups attached to an aromatic ring is 1. The Kier molecular flexibility index (Phi) is 5.94. The van der Waals surface area contributed by atoms with Crippen molar-refractivity contribution in [1.82, 2.24) is 19.5 Å². The van der Waals surface area contributed by atoms with E-state index in [0.717, 1.165) is 5.32 Å². The summed E-state index contributed by atoms with van der Waals surface area (Å²) in [7, 11) is 0. The Morgan fingerprint density at radius 1 is 1.41 bits per heavy atom. The molecule has 1 saturated heterocycles. The zero-order valence-corrected chi connectivity index (χ0v) is 16.5. The fourth-order valence-electron chi connectivity index (χ4n) is 2.98. The number of aliphatic carboxylic acids is 1. The number of nitrogens with two attached hydrogens (primary N) is 1. The average molecular weight is 447 g/mol. The standard InChI is InChI=1S/C15H22N6O5Se/c1-27(3-2-7(16)15(24)25)4-8-10(22)11(23)14(26-8)21-6-20-9-12(17)18-5-19-13(9)21/h5-8,10-11,14,22-23H,2-4,16H2,1H3,(H2-,17,18,19,24,25)/p+2/t7-,8+,10+,11+,14+,27?/m0/s1. The summed E-state index contributed by atoms with van der Waals surface area (Å²) in [4.78, 5) is 23.1. The number of hydrogen-bond donors (Lipinski definition) is 5. The number of carboxylic acids is 1. The van der Waals surface area contributed by atoms with Crippen molar-refractivity contribution < 1.29 is 30.6 Å². The Bertz CT molecular complexity index is 819. The van der Waals surface area contributed by atoms with Crippen LogP contribution in [0.1, 0.15) is 12.6 Å². The van der Waals surface area contributed by atoms with Gasteiger partial charge in [-0.05, 0) is 0 Å². The zero-order valence-electron chi connectivity index (χ0n) is 14.8. The molecule has 0 spiro atoms. The van der Waals surface area contributed by atoms with Gasteiger partial charge in [-0.1, -0.05) is 0 Å². The van der Waals surface area contributed by atoms with Gasteiger partial charge in [0.15, 0.2) is 0 Å². The zero-order chi connectivity index (χ0) is 19.7. The third kappa shape index (κ3) is 4.05. The van der Waals surface area contributed by atoms with Gasteiger partial charge in [0.1, 0.15) is 0 Å². The Hall–Kier alpha value is -1.82. The molecule has 1 fully saturated rings. The second-order valence-electron chi connectivity index (χ2n) is 6.61. The van der Waals surface area contributed by atoms with Crippen LogP contribution in [0.3, 0.4) is 0 Å². The Labute approximate surface area is 159 Å². The van der Waals surface area contributed by atoms with Gasteiger partial charge in [0.2, 0.25) is 0 Å². The molecule has 8 N–H and O–H groups in total. The van der Waals surface area contributed by atoms with E-state index in [2.05, 4.69) is 26.5 Å². The molecule has 0 amide bonds. The molecule has 3 rings (SSSR count).